The molecule has 0 aliphatic carbocycles. The lowest BCUT2D eigenvalue weighted by Gasteiger charge is -2.13. The van der Waals surface area contributed by atoms with Crippen molar-refractivity contribution in [1.82, 2.24) is 14.9 Å². The number of amides is 1. The van der Waals surface area contributed by atoms with Crippen LogP contribution in [0.1, 0.15) is 5.56 Å². The van der Waals surface area contributed by atoms with Gasteiger partial charge in [0.05, 0.1) is 13.4 Å². The van der Waals surface area contributed by atoms with Gasteiger partial charge in [0, 0.05) is 42.2 Å². The fraction of sp³-hybridized carbons (Fsp3) is 0.238. The van der Waals surface area contributed by atoms with Gasteiger partial charge in [-0.15, -0.1) is 0 Å². The molecule has 0 saturated heterocycles. The summed E-state index contributed by atoms with van der Waals surface area (Å²) in [5, 5.41) is 6.17. The fourth-order valence-electron chi connectivity index (χ4n) is 2.67. The van der Waals surface area contributed by atoms with Gasteiger partial charge in [0.1, 0.15) is 0 Å². The van der Waals surface area contributed by atoms with Crippen molar-refractivity contribution >= 4 is 27.5 Å². The summed E-state index contributed by atoms with van der Waals surface area (Å²) in [6.07, 6.45) is 5.50. The monoisotopic (exact) mass is 458 g/mol. The Hall–Kier alpha value is -2.84. The molecule has 1 aromatic heterocycles. The minimum atomic E-state index is -0.236. The summed E-state index contributed by atoms with van der Waals surface area (Å²) >= 11 is 3.36. The van der Waals surface area contributed by atoms with Crippen molar-refractivity contribution in [2.45, 2.75) is 13.1 Å². The first-order valence-corrected chi connectivity index (χ1v) is 9.95. The number of nitrogens with one attached hydrogen (secondary N) is 2. The molecule has 0 aliphatic rings. The second-order valence-corrected chi connectivity index (χ2v) is 7.22. The number of carbonyl (C=O) groups excluding carboxylic acids is 1. The first kappa shape index (κ1) is 20.9. The Morgan fingerprint density at radius 3 is 2.72 bits per heavy atom. The van der Waals surface area contributed by atoms with E-state index < -0.39 is 0 Å². The molecule has 29 heavy (non-hydrogen) atoms. The fourth-order valence-corrected chi connectivity index (χ4v) is 2.94. The van der Waals surface area contributed by atoms with Crippen LogP contribution in [0.15, 0.2) is 65.7 Å². The van der Waals surface area contributed by atoms with E-state index in [4.69, 9.17) is 9.47 Å². The average Bonchev–Trinajstić information content (AvgIpc) is 3.25. The molecule has 3 aromatic rings. The zero-order valence-electron chi connectivity index (χ0n) is 16.1. The van der Waals surface area contributed by atoms with Crippen molar-refractivity contribution in [2.75, 3.05) is 25.6 Å². The van der Waals surface area contributed by atoms with Crippen molar-refractivity contribution < 1.29 is 14.3 Å². The lowest BCUT2D eigenvalue weighted by molar-refractivity contribution is -0.118. The van der Waals surface area contributed by atoms with E-state index in [0.717, 1.165) is 23.1 Å². The van der Waals surface area contributed by atoms with Crippen LogP contribution in [0.5, 0.6) is 11.5 Å². The predicted molar refractivity (Wildman–Crippen MR) is 115 cm³/mol. The van der Waals surface area contributed by atoms with Gasteiger partial charge in [0.15, 0.2) is 18.1 Å². The van der Waals surface area contributed by atoms with Crippen LogP contribution in [-0.2, 0) is 17.9 Å². The van der Waals surface area contributed by atoms with Gasteiger partial charge in [-0.1, -0.05) is 22.0 Å². The number of imidazole rings is 1. The SMILES string of the molecule is COc1cc(CNCCn2ccnc2)ccc1OCC(=O)Nc1ccc(Br)cc1. The number of benzene rings is 2. The molecule has 0 unspecified atom stereocenters. The van der Waals surface area contributed by atoms with E-state index in [0.29, 0.717) is 23.7 Å². The van der Waals surface area contributed by atoms with E-state index in [1.165, 1.54) is 0 Å². The van der Waals surface area contributed by atoms with Gasteiger partial charge in [0.25, 0.3) is 5.91 Å². The molecule has 2 aromatic carbocycles. The molecule has 2 N–H and O–H groups in total. The van der Waals surface area contributed by atoms with E-state index in [-0.39, 0.29) is 12.5 Å². The standard InChI is InChI=1S/C21H23BrN4O3/c1-28-20-12-16(13-23-8-10-26-11-9-24-15-26)2-7-19(20)29-14-21(27)25-18-5-3-17(22)4-6-18/h2-7,9,11-12,15,23H,8,10,13-14H2,1H3,(H,25,27). The minimum absolute atomic E-state index is 0.102. The Morgan fingerprint density at radius 1 is 1.17 bits per heavy atom. The normalized spacial score (nSPS) is 10.6. The summed E-state index contributed by atoms with van der Waals surface area (Å²) in [6, 6.07) is 13.0. The van der Waals surface area contributed by atoms with Gasteiger partial charge < -0.3 is 24.7 Å². The first-order chi connectivity index (χ1) is 14.1. The maximum Gasteiger partial charge on any atom is 0.262 e. The lowest BCUT2D eigenvalue weighted by Crippen LogP contribution is -2.20. The number of hydrogen-bond acceptors (Lipinski definition) is 5. The molecule has 0 aliphatic heterocycles. The minimum Gasteiger partial charge on any atom is -0.493 e. The third-order valence-electron chi connectivity index (χ3n) is 4.15. The van der Waals surface area contributed by atoms with Crippen molar-refractivity contribution in [2.24, 2.45) is 0 Å². The van der Waals surface area contributed by atoms with Crippen molar-refractivity contribution in [1.29, 1.82) is 0 Å². The molecule has 7 nitrogen and oxygen atoms in total. The van der Waals surface area contributed by atoms with E-state index in [1.54, 1.807) is 19.6 Å². The van der Waals surface area contributed by atoms with Gasteiger partial charge in [0.2, 0.25) is 0 Å². The van der Waals surface area contributed by atoms with Crippen molar-refractivity contribution in [3.05, 3.63) is 71.2 Å². The number of ether oxygens (including phenoxy) is 2. The van der Waals surface area contributed by atoms with Crippen LogP contribution >= 0.6 is 15.9 Å². The molecule has 152 valence electrons. The number of methoxy groups -OCH3 is 1. The highest BCUT2D eigenvalue weighted by Crippen LogP contribution is 2.28. The van der Waals surface area contributed by atoms with Gasteiger partial charge in [-0.25, -0.2) is 4.98 Å². The summed E-state index contributed by atoms with van der Waals surface area (Å²) in [5.74, 6) is 0.885. The Bertz CT molecular complexity index is 914. The van der Waals surface area contributed by atoms with Gasteiger partial charge in [-0.2, -0.15) is 0 Å². The molecule has 1 heterocycles. The number of anilines is 1. The Morgan fingerprint density at radius 2 is 2.00 bits per heavy atom. The Balaban J connectivity index is 1.47. The zero-order valence-corrected chi connectivity index (χ0v) is 17.7. The number of hydrogen-bond donors (Lipinski definition) is 2. The largest absolute Gasteiger partial charge is 0.493 e. The highest BCUT2D eigenvalue weighted by molar-refractivity contribution is 9.10. The van der Waals surface area contributed by atoms with Crippen LogP contribution in [0, 0.1) is 0 Å². The van der Waals surface area contributed by atoms with Crippen LogP contribution in [0.3, 0.4) is 0 Å². The van der Waals surface area contributed by atoms with Crippen LogP contribution in [0.2, 0.25) is 0 Å². The van der Waals surface area contributed by atoms with Crippen molar-refractivity contribution in [3.63, 3.8) is 0 Å². The molecular weight excluding hydrogens is 436 g/mol. The Labute approximate surface area is 178 Å². The molecule has 0 fully saturated rings. The predicted octanol–water partition coefficient (Wildman–Crippen LogP) is 3.46. The third-order valence-corrected chi connectivity index (χ3v) is 4.68. The number of nitrogens with zero attached hydrogens (tertiary/aromatic N) is 2. The van der Waals surface area contributed by atoms with E-state index >= 15 is 0 Å². The van der Waals surface area contributed by atoms with E-state index in [2.05, 4.69) is 31.5 Å². The first-order valence-electron chi connectivity index (χ1n) is 9.15. The smallest absolute Gasteiger partial charge is 0.262 e. The summed E-state index contributed by atoms with van der Waals surface area (Å²) in [7, 11) is 1.58. The molecule has 0 bridgehead atoms. The Kier molecular flexibility index (Phi) is 7.66. The van der Waals surface area contributed by atoms with Crippen molar-refractivity contribution in [3.8, 4) is 11.5 Å². The summed E-state index contributed by atoms with van der Waals surface area (Å²) in [5.41, 5.74) is 1.78. The number of halogens is 1. The molecule has 0 saturated carbocycles. The average molecular weight is 459 g/mol. The van der Waals surface area contributed by atoms with Gasteiger partial charge in [-0.05, 0) is 42.0 Å². The zero-order chi connectivity index (χ0) is 20.5. The lowest BCUT2D eigenvalue weighted by atomic mass is 10.2. The molecule has 1 amide bonds. The van der Waals surface area contributed by atoms with E-state index in [9.17, 15) is 4.79 Å². The van der Waals surface area contributed by atoms with Gasteiger partial charge in [-0.3, -0.25) is 4.79 Å². The third kappa shape index (κ3) is 6.62. The summed E-state index contributed by atoms with van der Waals surface area (Å²) < 4.78 is 14.0. The molecule has 0 atom stereocenters. The quantitative estimate of drug-likeness (QED) is 0.454. The number of carbonyl (C=O) groups is 1. The van der Waals surface area contributed by atoms with Crippen LogP contribution in [0.4, 0.5) is 5.69 Å². The maximum atomic E-state index is 12.1. The summed E-state index contributed by atoms with van der Waals surface area (Å²) in [4.78, 5) is 16.1. The summed E-state index contributed by atoms with van der Waals surface area (Å²) in [6.45, 7) is 2.28. The second-order valence-electron chi connectivity index (χ2n) is 6.31. The van der Waals surface area contributed by atoms with Gasteiger partial charge >= 0.3 is 0 Å². The van der Waals surface area contributed by atoms with Crippen LogP contribution in [-0.4, -0.2) is 35.7 Å². The molecule has 0 radical (unpaired) electrons. The number of rotatable bonds is 10. The van der Waals surface area contributed by atoms with Crippen LogP contribution < -0.4 is 20.1 Å². The van der Waals surface area contributed by atoms with E-state index in [1.807, 2.05) is 53.2 Å². The maximum absolute atomic E-state index is 12.1. The highest BCUT2D eigenvalue weighted by atomic mass is 79.9. The molecule has 3 rings (SSSR count). The topological polar surface area (TPSA) is 77.4 Å². The molecular formula is C21H23BrN4O3. The second kappa shape index (κ2) is 10.6. The molecule has 0 spiro atoms. The van der Waals surface area contributed by atoms with Crippen LogP contribution in [0.25, 0.3) is 0 Å². The highest BCUT2D eigenvalue weighted by Gasteiger charge is 2.09. The number of aromatic nitrogens is 2. The molecule has 8 heteroatoms.